The van der Waals surface area contributed by atoms with Gasteiger partial charge >= 0.3 is 0 Å². The van der Waals surface area contributed by atoms with Crippen LogP contribution in [0.15, 0.2) is 12.4 Å². The number of aromatic nitrogens is 2. The van der Waals surface area contributed by atoms with Gasteiger partial charge in [0.05, 0.1) is 24.0 Å². The first kappa shape index (κ1) is 14.2. The Morgan fingerprint density at radius 3 is 2.82 bits per heavy atom. The topological polar surface area (TPSA) is 44.6 Å². The minimum Gasteiger partial charge on any atom is -0.306 e. The van der Waals surface area contributed by atoms with E-state index in [1.165, 1.54) is 19.4 Å². The van der Waals surface area contributed by atoms with Crippen molar-refractivity contribution in [1.82, 2.24) is 19.6 Å². The van der Waals surface area contributed by atoms with Crippen LogP contribution in [-0.4, -0.2) is 70.8 Å². The molecule has 1 aliphatic carbocycles. The first-order valence-corrected chi connectivity index (χ1v) is 8.28. The molecule has 0 aromatic carbocycles. The second kappa shape index (κ2) is 5.06. The van der Waals surface area contributed by atoms with Gasteiger partial charge in [-0.15, -0.1) is 0 Å². The molecule has 0 radical (unpaired) electrons. The summed E-state index contributed by atoms with van der Waals surface area (Å²) in [6, 6.07) is 0. The molecule has 1 aromatic heterocycles. The third kappa shape index (κ3) is 2.44. The second-order valence-corrected chi connectivity index (χ2v) is 7.36. The molecule has 2 saturated heterocycles. The van der Waals surface area contributed by atoms with Crippen molar-refractivity contribution in [3.05, 3.63) is 12.4 Å². The van der Waals surface area contributed by atoms with Crippen molar-refractivity contribution in [3.63, 3.8) is 0 Å². The van der Waals surface area contributed by atoms with E-state index in [-0.39, 0.29) is 11.4 Å². The van der Waals surface area contributed by atoms with Crippen LogP contribution in [0.25, 0.3) is 0 Å². The summed E-state index contributed by atoms with van der Waals surface area (Å²) in [5.41, 5.74) is 1.04. The molecule has 1 aromatic rings. The molecular weight excluding hydrogens is 278 g/mol. The molecule has 1 saturated carbocycles. The average molecular weight is 303 g/mol. The first-order chi connectivity index (χ1) is 10.6. The van der Waals surface area contributed by atoms with Gasteiger partial charge in [0.1, 0.15) is 0 Å². The van der Waals surface area contributed by atoms with Crippen LogP contribution in [0.3, 0.4) is 0 Å². The third-order valence-corrected chi connectivity index (χ3v) is 5.56. The number of amides is 1. The van der Waals surface area contributed by atoms with E-state index in [1.807, 2.05) is 18.1 Å². The zero-order valence-corrected chi connectivity index (χ0v) is 13.5. The van der Waals surface area contributed by atoms with Crippen LogP contribution in [0.4, 0.5) is 5.69 Å². The summed E-state index contributed by atoms with van der Waals surface area (Å²) in [6.45, 7) is 4.79. The van der Waals surface area contributed by atoms with Crippen molar-refractivity contribution in [1.29, 1.82) is 0 Å². The van der Waals surface area contributed by atoms with E-state index in [2.05, 4.69) is 21.9 Å². The Morgan fingerprint density at radius 2 is 2.14 bits per heavy atom. The van der Waals surface area contributed by atoms with E-state index in [1.54, 1.807) is 10.9 Å². The highest BCUT2D eigenvalue weighted by molar-refractivity contribution is 5.95. The smallest absolute Gasteiger partial charge is 0.241 e. The monoisotopic (exact) mass is 303 g/mol. The fourth-order valence-electron chi connectivity index (χ4n) is 3.94. The molecule has 3 fully saturated rings. The van der Waals surface area contributed by atoms with Gasteiger partial charge in [0, 0.05) is 39.4 Å². The molecule has 3 heterocycles. The highest BCUT2D eigenvalue weighted by Gasteiger charge is 2.48. The highest BCUT2D eigenvalue weighted by atomic mass is 16.2. The quantitative estimate of drug-likeness (QED) is 0.818. The molecule has 4 rings (SSSR count). The summed E-state index contributed by atoms with van der Waals surface area (Å²) in [5.74, 6) is 1.11. The van der Waals surface area contributed by atoms with Crippen molar-refractivity contribution in [2.75, 3.05) is 44.7 Å². The minimum absolute atomic E-state index is 0.110. The molecule has 1 atom stereocenters. The van der Waals surface area contributed by atoms with Crippen LogP contribution in [0, 0.1) is 5.92 Å². The standard InChI is InChI=1S/C16H25N5O/c1-18-10-15(22)21(14-7-17-19(2)9-14)12-16(18)5-6-20(11-16)8-13-3-4-13/h7,9,13H,3-6,8,10-12H2,1-2H3/t16-/m0/s1. The maximum Gasteiger partial charge on any atom is 0.241 e. The number of piperazine rings is 1. The van der Waals surface area contributed by atoms with Crippen LogP contribution in [0.5, 0.6) is 0 Å². The molecule has 120 valence electrons. The van der Waals surface area contributed by atoms with E-state index in [0.717, 1.165) is 37.7 Å². The van der Waals surface area contributed by atoms with E-state index >= 15 is 0 Å². The lowest BCUT2D eigenvalue weighted by molar-refractivity contribution is -0.123. The molecule has 0 N–H and O–H groups in total. The molecule has 1 amide bonds. The van der Waals surface area contributed by atoms with Crippen molar-refractivity contribution in [2.24, 2.45) is 13.0 Å². The normalized spacial score (nSPS) is 30.6. The Kier molecular flexibility index (Phi) is 3.27. The second-order valence-electron chi connectivity index (χ2n) is 7.36. The summed E-state index contributed by atoms with van der Waals surface area (Å²) < 4.78 is 1.77. The SMILES string of the molecule is CN1CC(=O)N(c2cnn(C)c2)C[C@@]12CCN(CC1CC1)C2. The van der Waals surface area contributed by atoms with Gasteiger partial charge in [-0.05, 0) is 32.2 Å². The van der Waals surface area contributed by atoms with E-state index < -0.39 is 0 Å². The number of hydrogen-bond donors (Lipinski definition) is 0. The molecule has 1 spiro atoms. The number of likely N-dealkylation sites (N-methyl/N-ethyl adjacent to an activating group) is 1. The number of hydrogen-bond acceptors (Lipinski definition) is 4. The highest BCUT2D eigenvalue weighted by Crippen LogP contribution is 2.36. The third-order valence-electron chi connectivity index (χ3n) is 5.56. The van der Waals surface area contributed by atoms with Gasteiger partial charge in [-0.1, -0.05) is 0 Å². The van der Waals surface area contributed by atoms with Crippen LogP contribution >= 0.6 is 0 Å². The Morgan fingerprint density at radius 1 is 1.32 bits per heavy atom. The number of carbonyl (C=O) groups is 1. The Bertz CT molecular complexity index is 581. The number of likely N-dealkylation sites (tertiary alicyclic amines) is 1. The molecule has 22 heavy (non-hydrogen) atoms. The average Bonchev–Trinajstić information content (AvgIpc) is 3.03. The van der Waals surface area contributed by atoms with Crippen molar-refractivity contribution in [2.45, 2.75) is 24.8 Å². The van der Waals surface area contributed by atoms with Gasteiger partial charge in [0.15, 0.2) is 0 Å². The Hall–Kier alpha value is -1.40. The summed E-state index contributed by atoms with van der Waals surface area (Å²) in [4.78, 5) is 19.3. The summed E-state index contributed by atoms with van der Waals surface area (Å²) in [7, 11) is 4.01. The number of nitrogens with zero attached hydrogens (tertiary/aromatic N) is 5. The fourth-order valence-corrected chi connectivity index (χ4v) is 3.94. The number of anilines is 1. The van der Waals surface area contributed by atoms with Gasteiger partial charge in [-0.3, -0.25) is 14.4 Å². The molecule has 3 aliphatic rings. The molecule has 0 bridgehead atoms. The maximum absolute atomic E-state index is 12.5. The first-order valence-electron chi connectivity index (χ1n) is 8.28. The van der Waals surface area contributed by atoms with Crippen LogP contribution in [0.1, 0.15) is 19.3 Å². The summed E-state index contributed by atoms with van der Waals surface area (Å²) in [6.07, 6.45) is 7.70. The zero-order valence-electron chi connectivity index (χ0n) is 13.5. The van der Waals surface area contributed by atoms with Crippen LogP contribution in [0.2, 0.25) is 0 Å². The Labute approximate surface area is 131 Å². The van der Waals surface area contributed by atoms with Crippen LogP contribution in [-0.2, 0) is 11.8 Å². The molecule has 2 aliphatic heterocycles. The predicted molar refractivity (Wildman–Crippen MR) is 84.7 cm³/mol. The molecule has 6 heteroatoms. The van der Waals surface area contributed by atoms with Crippen molar-refractivity contribution >= 4 is 11.6 Å². The molecular formula is C16H25N5O. The van der Waals surface area contributed by atoms with Gasteiger partial charge in [0.2, 0.25) is 5.91 Å². The fraction of sp³-hybridized carbons (Fsp3) is 0.750. The Balaban J connectivity index is 1.53. The van der Waals surface area contributed by atoms with Crippen LogP contribution < -0.4 is 4.90 Å². The lowest BCUT2D eigenvalue weighted by atomic mass is 9.93. The summed E-state index contributed by atoms with van der Waals surface area (Å²) in [5, 5.41) is 4.22. The van der Waals surface area contributed by atoms with Gasteiger partial charge in [-0.25, -0.2) is 0 Å². The molecule has 6 nitrogen and oxygen atoms in total. The van der Waals surface area contributed by atoms with E-state index in [0.29, 0.717) is 6.54 Å². The number of aryl methyl sites for hydroxylation is 1. The largest absolute Gasteiger partial charge is 0.306 e. The van der Waals surface area contributed by atoms with E-state index in [9.17, 15) is 4.79 Å². The van der Waals surface area contributed by atoms with E-state index in [4.69, 9.17) is 0 Å². The van der Waals surface area contributed by atoms with Gasteiger partial charge in [0.25, 0.3) is 0 Å². The number of rotatable bonds is 3. The van der Waals surface area contributed by atoms with Gasteiger partial charge < -0.3 is 9.80 Å². The maximum atomic E-state index is 12.5. The molecule has 0 unspecified atom stereocenters. The summed E-state index contributed by atoms with van der Waals surface area (Å²) >= 11 is 0. The lowest BCUT2D eigenvalue weighted by Gasteiger charge is -2.46. The lowest BCUT2D eigenvalue weighted by Crippen LogP contribution is -2.64. The number of carbonyl (C=O) groups excluding carboxylic acids is 1. The van der Waals surface area contributed by atoms with Crippen molar-refractivity contribution < 1.29 is 4.79 Å². The zero-order chi connectivity index (χ0) is 15.3. The minimum atomic E-state index is 0.110. The van der Waals surface area contributed by atoms with Crippen molar-refractivity contribution in [3.8, 4) is 0 Å². The predicted octanol–water partition coefficient (Wildman–Crippen LogP) is 0.553. The van der Waals surface area contributed by atoms with Gasteiger partial charge in [-0.2, -0.15) is 5.10 Å².